The highest BCUT2D eigenvalue weighted by Crippen LogP contribution is 2.08. The Morgan fingerprint density at radius 1 is 1.75 bits per heavy atom. The van der Waals surface area contributed by atoms with Crippen molar-refractivity contribution in [2.75, 3.05) is 13.6 Å². The minimum absolute atomic E-state index is 0.0159. The molecule has 0 radical (unpaired) electrons. The van der Waals surface area contributed by atoms with Gasteiger partial charge < -0.3 is 10.2 Å². The molecule has 0 spiro atoms. The van der Waals surface area contributed by atoms with Gasteiger partial charge >= 0.3 is 0 Å². The molecule has 1 rings (SSSR count). The number of nitrogens with one attached hydrogen (secondary N) is 1. The van der Waals surface area contributed by atoms with Crippen LogP contribution >= 0.6 is 0 Å². The second-order valence-electron chi connectivity index (χ2n) is 3.01. The smallest absolute Gasteiger partial charge is 0.244 e. The first-order valence-corrected chi connectivity index (χ1v) is 4.19. The molecule has 0 aromatic rings. The molecule has 0 bridgehead atoms. The van der Waals surface area contributed by atoms with Crippen LogP contribution in [-0.2, 0) is 9.59 Å². The predicted octanol–water partition coefficient (Wildman–Crippen LogP) is -0.257. The highest BCUT2D eigenvalue weighted by Gasteiger charge is 2.28. The van der Waals surface area contributed by atoms with Crippen LogP contribution in [0.3, 0.4) is 0 Å². The minimum atomic E-state index is -0.276. The third-order valence-electron chi connectivity index (χ3n) is 2.14. The average Bonchev–Trinajstić information content (AvgIpc) is 2.49. The van der Waals surface area contributed by atoms with Gasteiger partial charge in [0.15, 0.2) is 0 Å². The summed E-state index contributed by atoms with van der Waals surface area (Å²) in [4.78, 5) is 23.8. The van der Waals surface area contributed by atoms with Crippen LogP contribution in [0, 0.1) is 0 Å². The number of carbonyl (C=O) groups is 2. The molecule has 1 fully saturated rings. The van der Waals surface area contributed by atoms with Gasteiger partial charge in [-0.1, -0.05) is 0 Å². The Morgan fingerprint density at radius 2 is 2.42 bits per heavy atom. The highest BCUT2D eigenvalue weighted by atomic mass is 16.2. The molecular formula is C8H14N2O2. The van der Waals surface area contributed by atoms with Gasteiger partial charge in [-0.3, -0.25) is 9.59 Å². The summed E-state index contributed by atoms with van der Waals surface area (Å²) in [6, 6.07) is -0.276. The maximum absolute atomic E-state index is 11.4. The standard InChI is InChI=1S/C8H14N2O2/c1-3-10(2)8(12)6-4-5-7(11)9-6/h6H,3-5H2,1-2H3,(H,9,11)/t6-/m0/s1. The van der Waals surface area contributed by atoms with Gasteiger partial charge in [-0.05, 0) is 13.3 Å². The Morgan fingerprint density at radius 3 is 2.83 bits per heavy atom. The third-order valence-corrected chi connectivity index (χ3v) is 2.14. The maximum atomic E-state index is 11.4. The van der Waals surface area contributed by atoms with E-state index in [1.165, 1.54) is 0 Å². The minimum Gasteiger partial charge on any atom is -0.344 e. The largest absolute Gasteiger partial charge is 0.344 e. The fourth-order valence-corrected chi connectivity index (χ4v) is 1.22. The van der Waals surface area contributed by atoms with Crippen LogP contribution in [0.1, 0.15) is 19.8 Å². The molecule has 1 heterocycles. The summed E-state index contributed by atoms with van der Waals surface area (Å²) < 4.78 is 0. The van der Waals surface area contributed by atoms with Crippen LogP contribution in [0.25, 0.3) is 0 Å². The van der Waals surface area contributed by atoms with E-state index in [0.717, 1.165) is 0 Å². The van der Waals surface area contributed by atoms with Crippen molar-refractivity contribution in [1.29, 1.82) is 0 Å². The number of carbonyl (C=O) groups excluding carboxylic acids is 2. The molecule has 0 aromatic carbocycles. The number of nitrogens with zero attached hydrogens (tertiary/aromatic N) is 1. The van der Waals surface area contributed by atoms with E-state index in [4.69, 9.17) is 0 Å². The first kappa shape index (κ1) is 9.03. The molecule has 2 amide bonds. The van der Waals surface area contributed by atoms with Crippen molar-refractivity contribution in [2.45, 2.75) is 25.8 Å². The number of hydrogen-bond donors (Lipinski definition) is 1. The lowest BCUT2D eigenvalue weighted by Gasteiger charge is -2.18. The van der Waals surface area contributed by atoms with Gasteiger partial charge in [0, 0.05) is 20.0 Å². The number of hydrogen-bond acceptors (Lipinski definition) is 2. The Bertz CT molecular complexity index is 203. The lowest BCUT2D eigenvalue weighted by Crippen LogP contribution is -2.42. The first-order valence-electron chi connectivity index (χ1n) is 4.19. The Hall–Kier alpha value is -1.06. The van der Waals surface area contributed by atoms with Crippen LogP contribution in [0.15, 0.2) is 0 Å². The zero-order chi connectivity index (χ0) is 9.14. The van der Waals surface area contributed by atoms with Gasteiger partial charge in [-0.15, -0.1) is 0 Å². The first-order chi connectivity index (χ1) is 5.65. The molecule has 1 N–H and O–H groups in total. The van der Waals surface area contributed by atoms with E-state index in [-0.39, 0.29) is 17.9 Å². The highest BCUT2D eigenvalue weighted by molar-refractivity contribution is 5.90. The number of rotatable bonds is 2. The van der Waals surface area contributed by atoms with E-state index in [2.05, 4.69) is 5.32 Å². The van der Waals surface area contributed by atoms with Crippen LogP contribution in [0.5, 0.6) is 0 Å². The lowest BCUT2D eigenvalue weighted by molar-refractivity contribution is -0.132. The van der Waals surface area contributed by atoms with E-state index in [0.29, 0.717) is 19.4 Å². The van der Waals surface area contributed by atoms with Gasteiger partial charge in [-0.25, -0.2) is 0 Å². The van der Waals surface area contributed by atoms with E-state index in [1.807, 2.05) is 6.92 Å². The molecule has 0 unspecified atom stereocenters. The molecule has 12 heavy (non-hydrogen) atoms. The van der Waals surface area contributed by atoms with Gasteiger partial charge in [0.1, 0.15) is 6.04 Å². The van der Waals surface area contributed by atoms with Crippen molar-refractivity contribution >= 4 is 11.8 Å². The van der Waals surface area contributed by atoms with Crippen LogP contribution in [0.4, 0.5) is 0 Å². The summed E-state index contributed by atoms with van der Waals surface area (Å²) in [6.07, 6.45) is 1.12. The third kappa shape index (κ3) is 1.75. The molecule has 0 saturated carbocycles. The zero-order valence-corrected chi connectivity index (χ0v) is 7.46. The quantitative estimate of drug-likeness (QED) is 0.621. The summed E-state index contributed by atoms with van der Waals surface area (Å²) >= 11 is 0. The fraction of sp³-hybridized carbons (Fsp3) is 0.750. The van der Waals surface area contributed by atoms with E-state index in [1.54, 1.807) is 11.9 Å². The molecule has 4 heteroatoms. The molecule has 0 aliphatic carbocycles. The normalized spacial score (nSPS) is 22.2. The molecule has 4 nitrogen and oxygen atoms in total. The monoisotopic (exact) mass is 170 g/mol. The van der Waals surface area contributed by atoms with E-state index >= 15 is 0 Å². The second kappa shape index (κ2) is 3.56. The lowest BCUT2D eigenvalue weighted by atomic mass is 10.2. The molecule has 1 aliphatic rings. The van der Waals surface area contributed by atoms with E-state index < -0.39 is 0 Å². The number of amides is 2. The average molecular weight is 170 g/mol. The van der Waals surface area contributed by atoms with Gasteiger partial charge in [0.05, 0.1) is 0 Å². The summed E-state index contributed by atoms with van der Waals surface area (Å²) in [7, 11) is 1.74. The maximum Gasteiger partial charge on any atom is 0.244 e. The predicted molar refractivity (Wildman–Crippen MR) is 44.5 cm³/mol. The van der Waals surface area contributed by atoms with Crippen molar-refractivity contribution in [3.8, 4) is 0 Å². The van der Waals surface area contributed by atoms with Crippen molar-refractivity contribution in [2.24, 2.45) is 0 Å². The van der Waals surface area contributed by atoms with Crippen LogP contribution in [-0.4, -0.2) is 36.3 Å². The van der Waals surface area contributed by atoms with Gasteiger partial charge in [0.2, 0.25) is 11.8 Å². The molecule has 0 aromatic heterocycles. The van der Waals surface area contributed by atoms with Crippen LogP contribution in [0.2, 0.25) is 0 Å². The Labute approximate surface area is 71.9 Å². The van der Waals surface area contributed by atoms with Gasteiger partial charge in [-0.2, -0.15) is 0 Å². The van der Waals surface area contributed by atoms with Crippen molar-refractivity contribution in [3.05, 3.63) is 0 Å². The second-order valence-corrected chi connectivity index (χ2v) is 3.01. The molecule has 1 aliphatic heterocycles. The summed E-state index contributed by atoms with van der Waals surface area (Å²) in [5.41, 5.74) is 0. The number of likely N-dealkylation sites (N-methyl/N-ethyl adjacent to an activating group) is 1. The SMILES string of the molecule is CCN(C)C(=O)[C@@H]1CCC(=O)N1. The van der Waals surface area contributed by atoms with Gasteiger partial charge in [0.25, 0.3) is 0 Å². The van der Waals surface area contributed by atoms with Crippen LogP contribution < -0.4 is 5.32 Å². The topological polar surface area (TPSA) is 49.4 Å². The van der Waals surface area contributed by atoms with Crippen molar-refractivity contribution in [3.63, 3.8) is 0 Å². The van der Waals surface area contributed by atoms with Crippen molar-refractivity contribution < 1.29 is 9.59 Å². The molecule has 1 saturated heterocycles. The molecule has 1 atom stereocenters. The van der Waals surface area contributed by atoms with Crippen molar-refractivity contribution in [1.82, 2.24) is 10.2 Å². The van der Waals surface area contributed by atoms with E-state index in [9.17, 15) is 9.59 Å². The Balaban J connectivity index is 2.48. The Kier molecular flexibility index (Phi) is 2.68. The summed E-state index contributed by atoms with van der Waals surface area (Å²) in [6.45, 7) is 2.60. The summed E-state index contributed by atoms with van der Waals surface area (Å²) in [5, 5.41) is 2.64. The zero-order valence-electron chi connectivity index (χ0n) is 7.46. The molecule has 68 valence electrons. The molecular weight excluding hydrogens is 156 g/mol. The fourth-order valence-electron chi connectivity index (χ4n) is 1.22. The summed E-state index contributed by atoms with van der Waals surface area (Å²) in [5.74, 6) is 0.00111.